The lowest BCUT2D eigenvalue weighted by Crippen LogP contribution is -2.44. The van der Waals surface area contributed by atoms with Crippen molar-refractivity contribution >= 4 is 0 Å². The van der Waals surface area contributed by atoms with Crippen molar-refractivity contribution in [2.24, 2.45) is 0 Å². The Balaban J connectivity index is 1.40. The highest BCUT2D eigenvalue weighted by Crippen LogP contribution is 2.28. The molecule has 1 aromatic rings. The van der Waals surface area contributed by atoms with E-state index in [1.165, 1.54) is 38.4 Å². The van der Waals surface area contributed by atoms with Gasteiger partial charge in [-0.3, -0.25) is 4.90 Å². The third-order valence-corrected chi connectivity index (χ3v) is 4.59. The van der Waals surface area contributed by atoms with E-state index < -0.39 is 0 Å². The van der Waals surface area contributed by atoms with E-state index in [0.717, 1.165) is 30.8 Å². The largest absolute Gasteiger partial charge is 0.488 e. The molecule has 4 heteroatoms. The summed E-state index contributed by atoms with van der Waals surface area (Å²) in [6.07, 6.45) is 4.98. The third kappa shape index (κ3) is 3.74. The molecule has 0 amide bonds. The number of rotatable bonds is 5. The Hall–Kier alpha value is -1.13. The van der Waals surface area contributed by atoms with Gasteiger partial charge >= 0.3 is 0 Å². The molecular weight excluding hydrogens is 267 g/mol. The van der Waals surface area contributed by atoms with Gasteiger partial charge in [-0.2, -0.15) is 0 Å². The number of likely N-dealkylation sites (tertiary alicyclic amines) is 1. The molecule has 1 fully saturated rings. The first-order valence-electron chi connectivity index (χ1n) is 8.12. The summed E-state index contributed by atoms with van der Waals surface area (Å²) in [5, 5.41) is 3.51. The predicted molar refractivity (Wildman–Crippen MR) is 82.3 cm³/mol. The fourth-order valence-electron chi connectivity index (χ4n) is 3.34. The van der Waals surface area contributed by atoms with Crippen molar-refractivity contribution in [3.63, 3.8) is 0 Å². The first-order chi connectivity index (χ1) is 10.2. The number of benzene rings is 1. The quantitative estimate of drug-likeness (QED) is 0.903. The van der Waals surface area contributed by atoms with Crippen molar-refractivity contribution in [3.8, 4) is 5.75 Å². The maximum Gasteiger partial charge on any atom is 0.123 e. The van der Waals surface area contributed by atoms with E-state index in [4.69, 9.17) is 4.74 Å². The van der Waals surface area contributed by atoms with E-state index in [9.17, 15) is 4.39 Å². The molecule has 2 aliphatic rings. The normalized spacial score (nSPS) is 23.6. The highest BCUT2D eigenvalue weighted by molar-refractivity contribution is 5.37. The van der Waals surface area contributed by atoms with Crippen molar-refractivity contribution in [1.29, 1.82) is 0 Å². The van der Waals surface area contributed by atoms with Gasteiger partial charge in [-0.05, 0) is 51.1 Å². The number of nitrogens with zero attached hydrogens (tertiary/aromatic N) is 1. The van der Waals surface area contributed by atoms with Crippen LogP contribution in [-0.4, -0.2) is 43.2 Å². The summed E-state index contributed by atoms with van der Waals surface area (Å²) in [7, 11) is 0. The molecule has 0 radical (unpaired) electrons. The number of nitrogens with one attached hydrogen (secondary N) is 1. The summed E-state index contributed by atoms with van der Waals surface area (Å²) in [4.78, 5) is 2.57. The van der Waals surface area contributed by atoms with Crippen LogP contribution in [0.3, 0.4) is 0 Å². The van der Waals surface area contributed by atoms with Crippen LogP contribution in [0.25, 0.3) is 0 Å². The highest BCUT2D eigenvalue weighted by atomic mass is 19.1. The Labute approximate surface area is 126 Å². The molecule has 2 unspecified atom stereocenters. The van der Waals surface area contributed by atoms with Crippen molar-refractivity contribution < 1.29 is 9.13 Å². The molecular formula is C17H25FN2O. The fraction of sp³-hybridized carbons (Fsp3) is 0.647. The Morgan fingerprint density at radius 1 is 1.33 bits per heavy atom. The maximum absolute atomic E-state index is 13.2. The molecule has 2 heterocycles. The molecule has 1 saturated heterocycles. The van der Waals surface area contributed by atoms with Crippen LogP contribution in [0.15, 0.2) is 18.2 Å². The molecule has 0 saturated carbocycles. The SMILES string of the molecule is CC(CNCC1Cc2cc(F)ccc2O1)N1CCCCC1. The highest BCUT2D eigenvalue weighted by Gasteiger charge is 2.23. The molecule has 3 nitrogen and oxygen atoms in total. The van der Waals surface area contributed by atoms with E-state index in [-0.39, 0.29) is 11.9 Å². The van der Waals surface area contributed by atoms with Gasteiger partial charge in [-0.1, -0.05) is 6.42 Å². The first-order valence-corrected chi connectivity index (χ1v) is 8.12. The average molecular weight is 292 g/mol. The van der Waals surface area contributed by atoms with Gasteiger partial charge < -0.3 is 10.1 Å². The monoisotopic (exact) mass is 292 g/mol. The van der Waals surface area contributed by atoms with Crippen LogP contribution in [-0.2, 0) is 6.42 Å². The van der Waals surface area contributed by atoms with E-state index >= 15 is 0 Å². The second-order valence-electron chi connectivity index (χ2n) is 6.30. The molecule has 21 heavy (non-hydrogen) atoms. The van der Waals surface area contributed by atoms with Crippen LogP contribution < -0.4 is 10.1 Å². The maximum atomic E-state index is 13.2. The number of fused-ring (bicyclic) bond motifs is 1. The Bertz CT molecular complexity index is 474. The van der Waals surface area contributed by atoms with Crippen molar-refractivity contribution in [1.82, 2.24) is 10.2 Å². The van der Waals surface area contributed by atoms with Crippen molar-refractivity contribution in [2.45, 2.75) is 44.8 Å². The Morgan fingerprint density at radius 3 is 2.95 bits per heavy atom. The van der Waals surface area contributed by atoms with Gasteiger partial charge in [-0.15, -0.1) is 0 Å². The minimum atomic E-state index is -0.176. The molecule has 0 bridgehead atoms. The lowest BCUT2D eigenvalue weighted by Gasteiger charge is -2.32. The molecule has 0 spiro atoms. The molecule has 2 aliphatic heterocycles. The minimum absolute atomic E-state index is 0.135. The first kappa shape index (κ1) is 14.8. The lowest BCUT2D eigenvalue weighted by atomic mass is 10.1. The Kier molecular flexibility index (Phi) is 4.76. The summed E-state index contributed by atoms with van der Waals surface area (Å²) >= 11 is 0. The Morgan fingerprint density at radius 2 is 2.14 bits per heavy atom. The van der Waals surface area contributed by atoms with Crippen molar-refractivity contribution in [3.05, 3.63) is 29.6 Å². The second kappa shape index (κ2) is 6.75. The van der Waals surface area contributed by atoms with Crippen LogP contribution in [0.2, 0.25) is 0 Å². The molecule has 1 aromatic carbocycles. The summed E-state index contributed by atoms with van der Waals surface area (Å²) in [6, 6.07) is 5.37. The zero-order valence-electron chi connectivity index (χ0n) is 12.8. The van der Waals surface area contributed by atoms with E-state index in [0.29, 0.717) is 6.04 Å². The number of halogens is 1. The molecule has 2 atom stereocenters. The van der Waals surface area contributed by atoms with Gasteiger partial charge in [0, 0.05) is 31.1 Å². The zero-order chi connectivity index (χ0) is 14.7. The van der Waals surface area contributed by atoms with Crippen LogP contribution in [0.5, 0.6) is 5.75 Å². The average Bonchev–Trinajstić information content (AvgIpc) is 2.89. The summed E-state index contributed by atoms with van der Waals surface area (Å²) in [6.45, 7) is 6.57. The number of piperidine rings is 1. The van der Waals surface area contributed by atoms with Crippen LogP contribution in [0.4, 0.5) is 4.39 Å². The van der Waals surface area contributed by atoms with E-state index in [1.54, 1.807) is 12.1 Å². The van der Waals surface area contributed by atoms with Crippen LogP contribution in [0.1, 0.15) is 31.7 Å². The third-order valence-electron chi connectivity index (χ3n) is 4.59. The minimum Gasteiger partial charge on any atom is -0.488 e. The van der Waals surface area contributed by atoms with Crippen LogP contribution in [0, 0.1) is 5.82 Å². The standard InChI is InChI=1S/C17H25FN2O/c1-13(20-7-3-2-4-8-20)11-19-12-16-10-14-9-15(18)5-6-17(14)21-16/h5-6,9,13,16,19H,2-4,7-8,10-12H2,1H3. The molecule has 0 aromatic heterocycles. The van der Waals surface area contributed by atoms with Gasteiger partial charge in [0.25, 0.3) is 0 Å². The number of hydrogen-bond donors (Lipinski definition) is 1. The molecule has 0 aliphatic carbocycles. The van der Waals surface area contributed by atoms with Crippen LogP contribution >= 0.6 is 0 Å². The van der Waals surface area contributed by atoms with Gasteiger partial charge in [0.05, 0.1) is 0 Å². The van der Waals surface area contributed by atoms with Gasteiger partial charge in [0.1, 0.15) is 17.7 Å². The number of hydrogen-bond acceptors (Lipinski definition) is 3. The summed E-state index contributed by atoms with van der Waals surface area (Å²) < 4.78 is 19.0. The molecule has 3 rings (SSSR count). The predicted octanol–water partition coefficient (Wildman–Crippen LogP) is 2.59. The second-order valence-corrected chi connectivity index (χ2v) is 6.30. The van der Waals surface area contributed by atoms with Gasteiger partial charge in [0.15, 0.2) is 0 Å². The smallest absolute Gasteiger partial charge is 0.123 e. The van der Waals surface area contributed by atoms with Gasteiger partial charge in [0.2, 0.25) is 0 Å². The van der Waals surface area contributed by atoms with Crippen molar-refractivity contribution in [2.75, 3.05) is 26.2 Å². The van der Waals surface area contributed by atoms with E-state index in [2.05, 4.69) is 17.1 Å². The fourth-order valence-corrected chi connectivity index (χ4v) is 3.34. The summed E-state index contributed by atoms with van der Waals surface area (Å²) in [5.41, 5.74) is 0.992. The summed E-state index contributed by atoms with van der Waals surface area (Å²) in [5.74, 6) is 0.664. The zero-order valence-corrected chi connectivity index (χ0v) is 12.8. The molecule has 116 valence electrons. The van der Waals surface area contributed by atoms with E-state index in [1.807, 2.05) is 0 Å². The topological polar surface area (TPSA) is 24.5 Å². The molecule has 1 N–H and O–H groups in total. The lowest BCUT2D eigenvalue weighted by molar-refractivity contribution is 0.164. The number of ether oxygens (including phenoxy) is 1. The van der Waals surface area contributed by atoms with Gasteiger partial charge in [-0.25, -0.2) is 4.39 Å².